The van der Waals surface area contributed by atoms with Crippen LogP contribution in [0.5, 0.6) is 5.75 Å². The van der Waals surface area contributed by atoms with E-state index in [2.05, 4.69) is 17.3 Å². The smallest absolute Gasteiger partial charge is 0.376 e. The molecule has 7 heteroatoms. The molecule has 1 aromatic rings. The van der Waals surface area contributed by atoms with Crippen molar-refractivity contribution in [1.82, 2.24) is 0 Å². The van der Waals surface area contributed by atoms with Gasteiger partial charge < -0.3 is 4.18 Å². The van der Waals surface area contributed by atoms with Crippen LogP contribution in [-0.4, -0.2) is 13.9 Å². The lowest BCUT2D eigenvalue weighted by molar-refractivity contribution is -0.0500. The van der Waals surface area contributed by atoms with E-state index in [9.17, 15) is 21.6 Å². The molecule has 0 spiro atoms. The Kier molecular flexibility index (Phi) is 4.78. The fourth-order valence-electron chi connectivity index (χ4n) is 1.29. The van der Waals surface area contributed by atoms with Crippen molar-refractivity contribution in [2.75, 3.05) is 0 Å². The van der Waals surface area contributed by atoms with E-state index in [4.69, 9.17) is 0 Å². The molecule has 0 atom stereocenters. The van der Waals surface area contributed by atoms with Crippen LogP contribution in [-0.2, 0) is 10.1 Å². The van der Waals surface area contributed by atoms with Gasteiger partial charge in [0.1, 0.15) is 5.75 Å². The van der Waals surface area contributed by atoms with Crippen LogP contribution >= 0.6 is 0 Å². The Morgan fingerprint density at radius 3 is 2.10 bits per heavy atom. The van der Waals surface area contributed by atoms with Crippen LogP contribution in [0.15, 0.2) is 55.7 Å². The number of alkyl halides is 3. The highest BCUT2D eigenvalue weighted by atomic mass is 32.2. The second kappa shape index (κ2) is 5.96. The Morgan fingerprint density at radius 2 is 1.70 bits per heavy atom. The molecule has 0 heterocycles. The van der Waals surface area contributed by atoms with Crippen molar-refractivity contribution in [3.63, 3.8) is 0 Å². The van der Waals surface area contributed by atoms with Crippen molar-refractivity contribution < 1.29 is 25.8 Å². The predicted octanol–water partition coefficient (Wildman–Crippen LogP) is 3.67. The lowest BCUT2D eigenvalue weighted by Gasteiger charge is -2.10. The Bertz CT molecular complexity index is 626. The van der Waals surface area contributed by atoms with E-state index in [1.165, 1.54) is 24.3 Å². The van der Waals surface area contributed by atoms with Crippen LogP contribution in [0.4, 0.5) is 13.2 Å². The maximum atomic E-state index is 12.1. The third-order valence-corrected chi connectivity index (χ3v) is 3.17. The molecule has 1 rings (SSSR count). The third kappa shape index (κ3) is 3.74. The summed E-state index contributed by atoms with van der Waals surface area (Å²) < 4.78 is 62.0. The van der Waals surface area contributed by atoms with Gasteiger partial charge in [-0.2, -0.15) is 21.6 Å². The zero-order valence-electron chi connectivity index (χ0n) is 10.2. The molecule has 0 fully saturated rings. The standard InChI is InChI=1S/C13H11F3O3S/c1-3-5-10(4-2)11-6-8-12(9-7-11)19-20(17,18)13(14,15)16/h3-9H,1-2H2/b10-5+. The molecule has 1 aromatic carbocycles. The van der Waals surface area contributed by atoms with E-state index < -0.39 is 21.4 Å². The molecular formula is C13H11F3O3S. The molecule has 0 N–H and O–H groups in total. The van der Waals surface area contributed by atoms with Gasteiger partial charge >= 0.3 is 15.6 Å². The lowest BCUT2D eigenvalue weighted by atomic mass is 10.1. The van der Waals surface area contributed by atoms with E-state index in [1.54, 1.807) is 6.08 Å². The van der Waals surface area contributed by atoms with Gasteiger partial charge in [-0.05, 0) is 23.3 Å². The van der Waals surface area contributed by atoms with Gasteiger partial charge in [0.15, 0.2) is 0 Å². The van der Waals surface area contributed by atoms with Gasteiger partial charge in [0.25, 0.3) is 0 Å². The van der Waals surface area contributed by atoms with E-state index in [0.29, 0.717) is 11.1 Å². The molecule has 0 saturated heterocycles. The van der Waals surface area contributed by atoms with Crippen molar-refractivity contribution in [1.29, 1.82) is 0 Å². The highest BCUT2D eigenvalue weighted by molar-refractivity contribution is 7.87. The summed E-state index contributed by atoms with van der Waals surface area (Å²) >= 11 is 0. The summed E-state index contributed by atoms with van der Waals surface area (Å²) in [5, 5.41) is 0. The van der Waals surface area contributed by atoms with E-state index in [-0.39, 0.29) is 0 Å². The summed E-state index contributed by atoms with van der Waals surface area (Å²) in [5.74, 6) is -0.423. The largest absolute Gasteiger partial charge is 0.534 e. The number of halogens is 3. The highest BCUT2D eigenvalue weighted by Gasteiger charge is 2.48. The molecule has 0 aliphatic carbocycles. The maximum Gasteiger partial charge on any atom is 0.534 e. The minimum Gasteiger partial charge on any atom is -0.376 e. The summed E-state index contributed by atoms with van der Waals surface area (Å²) in [4.78, 5) is 0. The Balaban J connectivity index is 3.02. The molecule has 0 unspecified atom stereocenters. The van der Waals surface area contributed by atoms with E-state index >= 15 is 0 Å². The first-order valence-electron chi connectivity index (χ1n) is 5.27. The Labute approximate surface area is 114 Å². The summed E-state index contributed by atoms with van der Waals surface area (Å²) in [6.07, 6.45) is 4.70. The predicted molar refractivity (Wildman–Crippen MR) is 70.4 cm³/mol. The van der Waals surface area contributed by atoms with Crippen molar-refractivity contribution in [3.05, 3.63) is 61.2 Å². The second-order valence-corrected chi connectivity index (χ2v) is 5.11. The number of rotatable bonds is 5. The van der Waals surface area contributed by atoms with Crippen LogP contribution in [0, 0.1) is 0 Å². The molecule has 0 amide bonds. The fraction of sp³-hybridized carbons (Fsp3) is 0.0769. The molecule has 0 aliphatic heterocycles. The van der Waals surface area contributed by atoms with Crippen LogP contribution in [0.1, 0.15) is 5.56 Å². The molecule has 20 heavy (non-hydrogen) atoms. The van der Waals surface area contributed by atoms with Crippen LogP contribution < -0.4 is 4.18 Å². The average molecular weight is 304 g/mol. The first-order chi connectivity index (χ1) is 9.21. The topological polar surface area (TPSA) is 43.4 Å². The molecule has 0 aromatic heterocycles. The van der Waals surface area contributed by atoms with Gasteiger partial charge in [0.05, 0.1) is 0 Å². The van der Waals surface area contributed by atoms with Gasteiger partial charge in [-0.25, -0.2) is 0 Å². The minimum atomic E-state index is -5.65. The van der Waals surface area contributed by atoms with Crippen LogP contribution in [0.3, 0.4) is 0 Å². The van der Waals surface area contributed by atoms with Crippen molar-refractivity contribution in [2.45, 2.75) is 5.51 Å². The molecule has 0 saturated carbocycles. The normalized spacial score (nSPS) is 12.8. The Hall–Kier alpha value is -2.02. The zero-order valence-corrected chi connectivity index (χ0v) is 11.0. The first-order valence-corrected chi connectivity index (χ1v) is 6.68. The number of allylic oxidation sites excluding steroid dienone is 4. The quantitative estimate of drug-likeness (QED) is 0.473. The number of hydrogen-bond donors (Lipinski definition) is 0. The highest BCUT2D eigenvalue weighted by Crippen LogP contribution is 2.27. The van der Waals surface area contributed by atoms with Crippen LogP contribution in [0.25, 0.3) is 5.57 Å². The van der Waals surface area contributed by atoms with Gasteiger partial charge in [0, 0.05) is 0 Å². The van der Waals surface area contributed by atoms with Crippen LogP contribution in [0.2, 0.25) is 0 Å². The third-order valence-electron chi connectivity index (χ3n) is 2.19. The van der Waals surface area contributed by atoms with Gasteiger partial charge in [-0.1, -0.05) is 43.5 Å². The summed E-state index contributed by atoms with van der Waals surface area (Å²) in [6.45, 7) is 7.09. The number of hydrogen-bond acceptors (Lipinski definition) is 3. The molecule has 0 aliphatic rings. The zero-order chi connectivity index (χ0) is 15.4. The molecule has 3 nitrogen and oxygen atoms in total. The minimum absolute atomic E-state index is 0.423. The first kappa shape index (κ1) is 16.0. The van der Waals surface area contributed by atoms with Crippen molar-refractivity contribution in [3.8, 4) is 5.75 Å². The second-order valence-electron chi connectivity index (χ2n) is 3.57. The van der Waals surface area contributed by atoms with E-state index in [0.717, 1.165) is 12.1 Å². The summed E-state index contributed by atoms with van der Waals surface area (Å²) in [6, 6.07) is 5.08. The van der Waals surface area contributed by atoms with E-state index in [1.807, 2.05) is 0 Å². The summed E-state index contributed by atoms with van der Waals surface area (Å²) in [5.41, 5.74) is -4.14. The number of benzene rings is 1. The Morgan fingerprint density at radius 1 is 1.15 bits per heavy atom. The van der Waals surface area contributed by atoms with Gasteiger partial charge in [-0.15, -0.1) is 0 Å². The maximum absolute atomic E-state index is 12.1. The van der Waals surface area contributed by atoms with Crippen molar-refractivity contribution >= 4 is 15.7 Å². The molecule has 108 valence electrons. The van der Waals surface area contributed by atoms with Crippen molar-refractivity contribution in [2.24, 2.45) is 0 Å². The monoisotopic (exact) mass is 304 g/mol. The molecular weight excluding hydrogens is 293 g/mol. The SMILES string of the molecule is C=C/C=C(\C=C)c1ccc(OS(=O)(=O)C(F)(F)F)cc1. The van der Waals surface area contributed by atoms with Gasteiger partial charge in [0.2, 0.25) is 0 Å². The summed E-state index contributed by atoms with van der Waals surface area (Å²) in [7, 11) is -5.65. The fourth-order valence-corrected chi connectivity index (χ4v) is 1.74. The van der Waals surface area contributed by atoms with Gasteiger partial charge in [-0.3, -0.25) is 0 Å². The lowest BCUT2D eigenvalue weighted by Crippen LogP contribution is -2.28. The molecule has 0 bridgehead atoms. The average Bonchev–Trinajstić information content (AvgIpc) is 2.35. The molecule has 0 radical (unpaired) electrons.